The summed E-state index contributed by atoms with van der Waals surface area (Å²) in [5.41, 5.74) is 1.11. The van der Waals surface area contributed by atoms with Gasteiger partial charge >= 0.3 is 0 Å². The van der Waals surface area contributed by atoms with Crippen molar-refractivity contribution in [2.24, 2.45) is 0 Å². The molecule has 2 rings (SSSR count). The number of nitro benzene ring substituents is 1. The molecule has 0 aromatic heterocycles. The molecule has 3 N–H and O–H groups in total. The summed E-state index contributed by atoms with van der Waals surface area (Å²) in [7, 11) is 1.60. The number of hydrogen-bond donors (Lipinski definition) is 2. The van der Waals surface area contributed by atoms with Crippen LogP contribution in [0.3, 0.4) is 0 Å². The molecule has 25 heavy (non-hydrogen) atoms. The Morgan fingerprint density at radius 3 is 2.72 bits per heavy atom. The molecule has 0 saturated heterocycles. The van der Waals surface area contributed by atoms with Crippen LogP contribution in [-0.2, 0) is 4.79 Å². The van der Waals surface area contributed by atoms with Gasteiger partial charge in [0, 0.05) is 11.6 Å². The third kappa shape index (κ3) is 5.01. The fourth-order valence-corrected chi connectivity index (χ4v) is 2.88. The number of nitrogens with two attached hydrogens (primary N) is 1. The van der Waals surface area contributed by atoms with Crippen molar-refractivity contribution in [3.8, 4) is 5.75 Å². The van der Waals surface area contributed by atoms with E-state index < -0.39 is 4.92 Å². The monoisotopic (exact) mass is 408 g/mol. The Kier molecular flexibility index (Phi) is 6.49. The Bertz CT molecular complexity index is 782. The highest BCUT2D eigenvalue weighted by Crippen LogP contribution is 2.27. The number of nitrogens with zero attached hydrogens (tertiary/aromatic N) is 1. The lowest BCUT2D eigenvalue weighted by atomic mass is 10.1. The summed E-state index contributed by atoms with van der Waals surface area (Å²) in [6, 6.07) is 11.9. The molecule has 0 aliphatic heterocycles. The van der Waals surface area contributed by atoms with E-state index in [1.165, 1.54) is 12.1 Å². The van der Waals surface area contributed by atoms with Crippen molar-refractivity contribution in [2.75, 3.05) is 19.0 Å². The van der Waals surface area contributed by atoms with Gasteiger partial charge < -0.3 is 15.4 Å². The number of para-hydroxylation sites is 2. The van der Waals surface area contributed by atoms with Crippen molar-refractivity contribution < 1.29 is 19.8 Å². The first-order chi connectivity index (χ1) is 11.9. The van der Waals surface area contributed by atoms with E-state index in [2.05, 4.69) is 21.2 Å². The van der Waals surface area contributed by atoms with Crippen LogP contribution in [-0.4, -0.2) is 24.5 Å². The highest BCUT2D eigenvalue weighted by Gasteiger charge is 2.17. The molecule has 7 nitrogen and oxygen atoms in total. The number of carbonyl (C=O) groups is 1. The molecular weight excluding hydrogens is 390 g/mol. The van der Waals surface area contributed by atoms with Crippen LogP contribution in [0.4, 0.5) is 11.4 Å². The quantitative estimate of drug-likeness (QED) is 0.543. The van der Waals surface area contributed by atoms with Gasteiger partial charge in [0.15, 0.2) is 6.54 Å². The molecule has 0 spiro atoms. The minimum Gasteiger partial charge on any atom is -0.496 e. The van der Waals surface area contributed by atoms with Gasteiger partial charge in [0.25, 0.3) is 11.6 Å². The van der Waals surface area contributed by atoms with Crippen molar-refractivity contribution >= 4 is 33.2 Å². The van der Waals surface area contributed by atoms with E-state index in [1.807, 2.05) is 30.4 Å². The maximum Gasteiger partial charge on any atom is 0.292 e. The van der Waals surface area contributed by atoms with E-state index in [0.717, 1.165) is 15.8 Å². The molecule has 0 bridgehead atoms. The van der Waals surface area contributed by atoms with Gasteiger partial charge in [-0.15, -0.1) is 0 Å². The lowest BCUT2D eigenvalue weighted by molar-refractivity contribution is -0.682. The van der Waals surface area contributed by atoms with Crippen molar-refractivity contribution in [1.82, 2.24) is 0 Å². The predicted octanol–water partition coefficient (Wildman–Crippen LogP) is 2.63. The fraction of sp³-hybridized carbons (Fsp3) is 0.235. The van der Waals surface area contributed by atoms with Gasteiger partial charge in [-0.2, -0.15) is 0 Å². The van der Waals surface area contributed by atoms with Crippen molar-refractivity contribution in [2.45, 2.75) is 13.0 Å². The van der Waals surface area contributed by atoms with Gasteiger partial charge in [0.2, 0.25) is 0 Å². The molecule has 0 radical (unpaired) electrons. The summed E-state index contributed by atoms with van der Waals surface area (Å²) in [6.07, 6.45) is 0. The van der Waals surface area contributed by atoms with Gasteiger partial charge in [0.05, 0.1) is 16.5 Å². The van der Waals surface area contributed by atoms with Crippen LogP contribution in [0.25, 0.3) is 0 Å². The zero-order chi connectivity index (χ0) is 18.4. The molecule has 2 aromatic carbocycles. The van der Waals surface area contributed by atoms with Crippen LogP contribution in [0.2, 0.25) is 0 Å². The number of quaternary nitrogens is 1. The predicted molar refractivity (Wildman–Crippen MR) is 97.6 cm³/mol. The summed E-state index contributed by atoms with van der Waals surface area (Å²) in [4.78, 5) is 22.5. The molecule has 1 atom stereocenters. The van der Waals surface area contributed by atoms with Crippen molar-refractivity contribution in [3.63, 3.8) is 0 Å². The second-order valence-electron chi connectivity index (χ2n) is 5.44. The summed E-state index contributed by atoms with van der Waals surface area (Å²) in [5, 5.41) is 15.4. The minimum absolute atomic E-state index is 0.0405. The van der Waals surface area contributed by atoms with E-state index in [1.54, 1.807) is 19.2 Å². The fourth-order valence-electron chi connectivity index (χ4n) is 2.33. The number of nitrogens with one attached hydrogen (secondary N) is 1. The average Bonchev–Trinajstić information content (AvgIpc) is 2.59. The van der Waals surface area contributed by atoms with Crippen LogP contribution >= 0.6 is 15.9 Å². The first kappa shape index (κ1) is 18.9. The molecule has 0 heterocycles. The van der Waals surface area contributed by atoms with Gasteiger partial charge in [-0.3, -0.25) is 14.9 Å². The van der Waals surface area contributed by atoms with Crippen LogP contribution in [0.5, 0.6) is 5.75 Å². The van der Waals surface area contributed by atoms with Crippen LogP contribution < -0.4 is 15.4 Å². The number of nitro groups is 1. The summed E-state index contributed by atoms with van der Waals surface area (Å²) >= 11 is 3.44. The smallest absolute Gasteiger partial charge is 0.292 e. The lowest BCUT2D eigenvalue weighted by Gasteiger charge is -2.13. The Labute approximate surface area is 153 Å². The highest BCUT2D eigenvalue weighted by molar-refractivity contribution is 9.10. The zero-order valence-electron chi connectivity index (χ0n) is 13.9. The van der Waals surface area contributed by atoms with Crippen LogP contribution in [0.1, 0.15) is 18.5 Å². The molecule has 2 aromatic rings. The summed E-state index contributed by atoms with van der Waals surface area (Å²) < 4.78 is 6.04. The number of methoxy groups -OCH3 is 1. The molecule has 132 valence electrons. The molecule has 8 heteroatoms. The first-order valence-corrected chi connectivity index (χ1v) is 8.41. The normalized spacial score (nSPS) is 11.6. The first-order valence-electron chi connectivity index (χ1n) is 7.62. The number of amides is 1. The SMILES string of the molecule is COc1ccc([C@@H](C)[NH2+]CC(=O)Nc2ccccc2[N+](=O)[O-])cc1Br. The summed E-state index contributed by atoms with van der Waals surface area (Å²) in [6.45, 7) is 2.13. The number of rotatable bonds is 7. The van der Waals surface area contributed by atoms with E-state index in [4.69, 9.17) is 4.74 Å². The summed E-state index contributed by atoms with van der Waals surface area (Å²) in [5.74, 6) is 0.443. The van der Waals surface area contributed by atoms with Gasteiger partial charge in [0.1, 0.15) is 17.5 Å². The maximum absolute atomic E-state index is 12.1. The number of ether oxygens (including phenoxy) is 1. The third-order valence-corrected chi connectivity index (χ3v) is 4.35. The number of halogens is 1. The third-order valence-electron chi connectivity index (χ3n) is 3.73. The largest absolute Gasteiger partial charge is 0.496 e. The lowest BCUT2D eigenvalue weighted by Crippen LogP contribution is -2.86. The Hall–Kier alpha value is -2.45. The second-order valence-corrected chi connectivity index (χ2v) is 6.30. The molecule has 0 fully saturated rings. The Morgan fingerprint density at radius 2 is 2.08 bits per heavy atom. The van der Waals surface area contributed by atoms with Crippen LogP contribution in [0.15, 0.2) is 46.9 Å². The molecule has 0 unspecified atom stereocenters. The number of anilines is 1. The molecule has 0 saturated carbocycles. The van der Waals surface area contributed by atoms with Gasteiger partial charge in [-0.25, -0.2) is 0 Å². The Balaban J connectivity index is 1.96. The van der Waals surface area contributed by atoms with Gasteiger partial charge in [-0.1, -0.05) is 12.1 Å². The van der Waals surface area contributed by atoms with E-state index >= 15 is 0 Å². The van der Waals surface area contributed by atoms with E-state index in [9.17, 15) is 14.9 Å². The van der Waals surface area contributed by atoms with Gasteiger partial charge in [-0.05, 0) is 47.1 Å². The second kappa shape index (κ2) is 8.59. The van der Waals surface area contributed by atoms with Crippen molar-refractivity contribution in [1.29, 1.82) is 0 Å². The molecule has 1 amide bonds. The zero-order valence-corrected chi connectivity index (χ0v) is 15.4. The Morgan fingerprint density at radius 1 is 1.36 bits per heavy atom. The van der Waals surface area contributed by atoms with E-state index in [0.29, 0.717) is 0 Å². The minimum atomic E-state index is -0.517. The molecular formula is C17H19BrN3O4+. The number of carbonyl (C=O) groups excluding carboxylic acids is 1. The molecule has 0 aliphatic carbocycles. The maximum atomic E-state index is 12.1. The standard InChI is InChI=1S/C17H18BrN3O4/c1-11(12-7-8-16(25-2)13(18)9-12)19-10-17(22)20-14-5-3-4-6-15(14)21(23)24/h3-9,11,19H,10H2,1-2H3,(H,20,22)/p+1/t11-/m1/s1. The number of hydrogen-bond acceptors (Lipinski definition) is 4. The highest BCUT2D eigenvalue weighted by atomic mass is 79.9. The average molecular weight is 409 g/mol. The van der Waals surface area contributed by atoms with Crippen molar-refractivity contribution in [3.05, 3.63) is 62.6 Å². The topological polar surface area (TPSA) is 98.1 Å². The molecule has 0 aliphatic rings. The van der Waals surface area contributed by atoms with Crippen LogP contribution in [0, 0.1) is 10.1 Å². The number of benzene rings is 2. The van der Waals surface area contributed by atoms with E-state index in [-0.39, 0.29) is 29.9 Å².